The van der Waals surface area contributed by atoms with Crippen molar-refractivity contribution in [2.45, 2.75) is 38.0 Å². The monoisotopic (exact) mass is 186 g/mol. The van der Waals surface area contributed by atoms with Crippen molar-refractivity contribution in [1.29, 1.82) is 0 Å². The Morgan fingerprint density at radius 1 is 0.900 bits per heavy atom. The van der Waals surface area contributed by atoms with Crippen molar-refractivity contribution < 1.29 is 27.3 Å². The van der Waals surface area contributed by atoms with E-state index < -0.39 is 5.92 Å². The fourth-order valence-corrected chi connectivity index (χ4v) is 1.07. The molecule has 0 saturated heterocycles. The molecule has 0 unspecified atom stereocenters. The molecule has 0 nitrogen and oxygen atoms in total. The predicted molar refractivity (Wildman–Crippen MR) is 34.4 cm³/mol. The third-order valence-electron chi connectivity index (χ3n) is 1.59. The second-order valence-electron chi connectivity index (χ2n) is 2.42. The maximum absolute atomic E-state index is 12.2. The first-order valence-corrected chi connectivity index (χ1v) is 3.09. The SMILES string of the molecule is FC1(F)CCCCC1.[CH3-].[V]. The zero-order valence-corrected chi connectivity index (χ0v) is 7.64. The molecule has 1 saturated carbocycles. The van der Waals surface area contributed by atoms with Crippen LogP contribution in [0.25, 0.3) is 0 Å². The van der Waals surface area contributed by atoms with Gasteiger partial charge in [0.25, 0.3) is 0 Å². The van der Waals surface area contributed by atoms with Crippen LogP contribution < -0.4 is 0 Å². The van der Waals surface area contributed by atoms with Gasteiger partial charge in [-0.1, -0.05) is 6.42 Å². The molecule has 3 heteroatoms. The molecule has 1 aliphatic carbocycles. The Bertz CT molecular complexity index is 75.7. The summed E-state index contributed by atoms with van der Waals surface area (Å²) in [5.74, 6) is -2.32. The van der Waals surface area contributed by atoms with Gasteiger partial charge in [-0.25, -0.2) is 8.78 Å². The number of hydrogen-bond acceptors (Lipinski definition) is 0. The van der Waals surface area contributed by atoms with Crippen molar-refractivity contribution in [3.8, 4) is 0 Å². The molecule has 0 aliphatic heterocycles. The Morgan fingerprint density at radius 3 is 1.50 bits per heavy atom. The normalized spacial score (nSPS) is 22.2. The van der Waals surface area contributed by atoms with Gasteiger partial charge in [0.2, 0.25) is 5.92 Å². The summed E-state index contributed by atoms with van der Waals surface area (Å²) in [6.07, 6.45) is 2.66. The minimum Gasteiger partial charge on any atom is -0.358 e. The molecule has 0 aromatic heterocycles. The van der Waals surface area contributed by atoms with E-state index in [9.17, 15) is 8.78 Å². The first-order valence-electron chi connectivity index (χ1n) is 3.09. The smallest absolute Gasteiger partial charge is 0.248 e. The van der Waals surface area contributed by atoms with Crippen molar-refractivity contribution in [3.05, 3.63) is 7.43 Å². The number of hydrogen-bond donors (Lipinski definition) is 0. The van der Waals surface area contributed by atoms with Crippen molar-refractivity contribution in [1.82, 2.24) is 0 Å². The van der Waals surface area contributed by atoms with Gasteiger partial charge in [0.1, 0.15) is 0 Å². The van der Waals surface area contributed by atoms with Crippen LogP contribution >= 0.6 is 0 Å². The maximum atomic E-state index is 12.2. The second kappa shape index (κ2) is 5.14. The van der Waals surface area contributed by atoms with Crippen LogP contribution in [-0.4, -0.2) is 5.92 Å². The molecule has 0 heterocycles. The van der Waals surface area contributed by atoms with Gasteiger partial charge < -0.3 is 7.43 Å². The zero-order valence-electron chi connectivity index (χ0n) is 6.24. The van der Waals surface area contributed by atoms with Gasteiger partial charge in [0, 0.05) is 31.4 Å². The van der Waals surface area contributed by atoms with E-state index in [1.54, 1.807) is 0 Å². The molecule has 0 atom stereocenters. The summed E-state index contributed by atoms with van der Waals surface area (Å²) >= 11 is 0. The molecule has 0 amide bonds. The van der Waals surface area contributed by atoms with Crippen molar-refractivity contribution in [3.63, 3.8) is 0 Å². The van der Waals surface area contributed by atoms with Gasteiger partial charge in [-0.3, -0.25) is 0 Å². The minimum absolute atomic E-state index is 0. The van der Waals surface area contributed by atoms with Crippen LogP contribution in [0.15, 0.2) is 0 Å². The fourth-order valence-electron chi connectivity index (χ4n) is 1.07. The second-order valence-corrected chi connectivity index (χ2v) is 2.42. The minimum atomic E-state index is -2.32. The quantitative estimate of drug-likeness (QED) is 0.510. The Morgan fingerprint density at radius 2 is 1.30 bits per heavy atom. The van der Waals surface area contributed by atoms with Crippen LogP contribution in [0.1, 0.15) is 32.1 Å². The van der Waals surface area contributed by atoms with E-state index in [0.29, 0.717) is 12.8 Å². The van der Waals surface area contributed by atoms with E-state index in [1.807, 2.05) is 0 Å². The summed E-state index contributed by atoms with van der Waals surface area (Å²) in [7, 11) is 0. The van der Waals surface area contributed by atoms with Gasteiger partial charge in [-0.2, -0.15) is 0 Å². The van der Waals surface area contributed by atoms with E-state index in [4.69, 9.17) is 0 Å². The Kier molecular flexibility index (Phi) is 6.72. The molecule has 1 rings (SSSR count). The molecule has 1 radical (unpaired) electrons. The zero-order chi connectivity index (χ0) is 6.04. The van der Waals surface area contributed by atoms with E-state index in [0.717, 1.165) is 6.42 Å². The topological polar surface area (TPSA) is 0 Å². The van der Waals surface area contributed by atoms with Crippen LogP contribution in [0, 0.1) is 7.43 Å². The molecule has 1 fully saturated rings. The molecule has 10 heavy (non-hydrogen) atoms. The molecule has 61 valence electrons. The molecule has 0 aromatic rings. The molecule has 0 spiro atoms. The third-order valence-corrected chi connectivity index (χ3v) is 1.59. The Hall–Kier alpha value is 0.444. The van der Waals surface area contributed by atoms with Gasteiger partial charge in [0.15, 0.2) is 0 Å². The molecule has 1 aliphatic rings. The molecule has 0 bridgehead atoms. The van der Waals surface area contributed by atoms with Gasteiger partial charge >= 0.3 is 0 Å². The van der Waals surface area contributed by atoms with Crippen LogP contribution in [0.4, 0.5) is 8.78 Å². The predicted octanol–water partition coefficient (Wildman–Crippen LogP) is 3.03. The maximum Gasteiger partial charge on any atom is 0.248 e. The summed E-state index contributed by atoms with van der Waals surface area (Å²) in [6, 6.07) is 0. The van der Waals surface area contributed by atoms with Gasteiger partial charge in [0.05, 0.1) is 0 Å². The molecule has 0 N–H and O–H groups in total. The van der Waals surface area contributed by atoms with E-state index in [-0.39, 0.29) is 38.8 Å². The fraction of sp³-hybridized carbons (Fsp3) is 0.857. The van der Waals surface area contributed by atoms with Gasteiger partial charge in [-0.15, -0.1) is 0 Å². The average molecular weight is 186 g/mol. The first-order chi connectivity index (χ1) is 3.71. The average Bonchev–Trinajstić information content (AvgIpc) is 1.65. The summed E-state index contributed by atoms with van der Waals surface area (Å²) in [5, 5.41) is 0. The van der Waals surface area contributed by atoms with Gasteiger partial charge in [-0.05, 0) is 12.8 Å². The summed E-state index contributed by atoms with van der Waals surface area (Å²) in [4.78, 5) is 0. The number of rotatable bonds is 0. The van der Waals surface area contributed by atoms with Crippen molar-refractivity contribution in [2.75, 3.05) is 0 Å². The number of halogens is 2. The molecular weight excluding hydrogens is 173 g/mol. The summed E-state index contributed by atoms with van der Waals surface area (Å²) in [5.41, 5.74) is 0. The van der Waals surface area contributed by atoms with Crippen molar-refractivity contribution >= 4 is 0 Å². The van der Waals surface area contributed by atoms with E-state index >= 15 is 0 Å². The Balaban J connectivity index is 0. The Labute approximate surface area is 73.3 Å². The third kappa shape index (κ3) is 4.29. The van der Waals surface area contributed by atoms with Crippen LogP contribution in [0.3, 0.4) is 0 Å². The van der Waals surface area contributed by atoms with Crippen LogP contribution in [-0.2, 0) is 18.6 Å². The van der Waals surface area contributed by atoms with E-state index in [1.165, 1.54) is 0 Å². The van der Waals surface area contributed by atoms with Crippen LogP contribution in [0.2, 0.25) is 0 Å². The van der Waals surface area contributed by atoms with Crippen LogP contribution in [0.5, 0.6) is 0 Å². The number of alkyl halides is 2. The first kappa shape index (κ1) is 13.1. The van der Waals surface area contributed by atoms with E-state index in [2.05, 4.69) is 0 Å². The molecular formula is C7H13F2V-. The summed E-state index contributed by atoms with van der Waals surface area (Å²) in [6.45, 7) is 0. The van der Waals surface area contributed by atoms with Crippen molar-refractivity contribution in [2.24, 2.45) is 0 Å². The molecule has 0 aromatic carbocycles. The largest absolute Gasteiger partial charge is 0.358 e. The standard InChI is InChI=1S/C6H10F2.CH3.V/c7-6(8)4-2-1-3-5-6;;/h1-5H2;1H3;/q;-1;. The summed E-state index contributed by atoms with van der Waals surface area (Å²) < 4.78 is 24.4.